The molecule has 16 heavy (non-hydrogen) atoms. The molecule has 1 aliphatic heterocycles. The molecule has 0 atom stereocenters. The molecular weight excluding hydrogens is 211 g/mol. The smallest absolute Gasteiger partial charge is 0.250 e. The molecule has 0 saturated carbocycles. The average molecular weight is 226 g/mol. The Balaban J connectivity index is 2.08. The van der Waals surface area contributed by atoms with E-state index in [1.807, 2.05) is 0 Å². The molecule has 0 aromatic carbocycles. The monoisotopic (exact) mass is 226 g/mol. The summed E-state index contributed by atoms with van der Waals surface area (Å²) in [6, 6.07) is 1.56. The maximum Gasteiger partial charge on any atom is 0.250 e. The maximum atomic E-state index is 13.7. The van der Waals surface area contributed by atoms with Crippen molar-refractivity contribution in [2.45, 2.75) is 25.5 Å². The van der Waals surface area contributed by atoms with Crippen LogP contribution >= 0.6 is 0 Å². The van der Waals surface area contributed by atoms with Crippen molar-refractivity contribution in [3.8, 4) is 5.88 Å². The number of halogens is 1. The van der Waals surface area contributed by atoms with Crippen molar-refractivity contribution in [3.63, 3.8) is 0 Å². The fourth-order valence-corrected chi connectivity index (χ4v) is 1.65. The van der Waals surface area contributed by atoms with Gasteiger partial charge in [0.15, 0.2) is 5.82 Å². The third-order valence-electron chi connectivity index (χ3n) is 2.60. The van der Waals surface area contributed by atoms with E-state index in [-0.39, 0.29) is 18.5 Å². The van der Waals surface area contributed by atoms with Crippen LogP contribution in [0.15, 0.2) is 12.3 Å². The third kappa shape index (κ3) is 2.48. The molecule has 88 valence electrons. The molecule has 1 aliphatic rings. The van der Waals surface area contributed by atoms with Crippen LogP contribution in [-0.4, -0.2) is 24.3 Å². The van der Waals surface area contributed by atoms with Gasteiger partial charge in [0, 0.05) is 31.1 Å². The van der Waals surface area contributed by atoms with Gasteiger partial charge in [-0.15, -0.1) is 0 Å². The minimum atomic E-state index is -0.448. The Morgan fingerprint density at radius 3 is 2.94 bits per heavy atom. The summed E-state index contributed by atoms with van der Waals surface area (Å²) in [4.78, 5) is 3.89. The van der Waals surface area contributed by atoms with E-state index in [0.29, 0.717) is 18.8 Å². The Morgan fingerprint density at radius 1 is 1.50 bits per heavy atom. The van der Waals surface area contributed by atoms with Crippen molar-refractivity contribution in [2.24, 2.45) is 5.73 Å². The van der Waals surface area contributed by atoms with Crippen LogP contribution < -0.4 is 10.5 Å². The Hall–Kier alpha value is -1.20. The first-order valence-electron chi connectivity index (χ1n) is 5.39. The van der Waals surface area contributed by atoms with E-state index in [4.69, 9.17) is 15.2 Å². The molecule has 0 radical (unpaired) electrons. The molecular formula is C11H15FN2O2. The highest BCUT2D eigenvalue weighted by atomic mass is 19.1. The van der Waals surface area contributed by atoms with Crippen molar-refractivity contribution in [1.82, 2.24) is 4.98 Å². The zero-order valence-corrected chi connectivity index (χ0v) is 8.99. The van der Waals surface area contributed by atoms with Crippen LogP contribution in [0.3, 0.4) is 0 Å². The third-order valence-corrected chi connectivity index (χ3v) is 2.60. The van der Waals surface area contributed by atoms with Gasteiger partial charge in [0.2, 0.25) is 0 Å². The summed E-state index contributed by atoms with van der Waals surface area (Å²) in [6.07, 6.45) is 3.05. The van der Waals surface area contributed by atoms with Crippen LogP contribution in [0.2, 0.25) is 0 Å². The first-order chi connectivity index (χ1) is 7.81. The van der Waals surface area contributed by atoms with Crippen LogP contribution in [0.5, 0.6) is 5.88 Å². The summed E-state index contributed by atoms with van der Waals surface area (Å²) in [5.41, 5.74) is 5.84. The second kappa shape index (κ2) is 5.23. The van der Waals surface area contributed by atoms with E-state index >= 15 is 0 Å². The molecule has 0 unspecified atom stereocenters. The number of hydrogen-bond acceptors (Lipinski definition) is 4. The van der Waals surface area contributed by atoms with Crippen LogP contribution in [-0.2, 0) is 11.3 Å². The molecule has 0 spiro atoms. The van der Waals surface area contributed by atoms with Crippen molar-refractivity contribution < 1.29 is 13.9 Å². The number of aromatic nitrogens is 1. The maximum absolute atomic E-state index is 13.7. The number of pyridine rings is 1. The highest BCUT2D eigenvalue weighted by molar-refractivity contribution is 5.23. The Kier molecular flexibility index (Phi) is 3.69. The van der Waals surface area contributed by atoms with E-state index in [1.54, 1.807) is 6.07 Å². The van der Waals surface area contributed by atoms with Gasteiger partial charge in [-0.3, -0.25) is 0 Å². The van der Waals surface area contributed by atoms with Crippen LogP contribution in [0, 0.1) is 5.82 Å². The highest BCUT2D eigenvalue weighted by Crippen LogP contribution is 2.21. The average Bonchev–Trinajstić information content (AvgIpc) is 2.33. The van der Waals surface area contributed by atoms with E-state index in [2.05, 4.69) is 4.98 Å². The van der Waals surface area contributed by atoms with Crippen molar-refractivity contribution in [1.29, 1.82) is 0 Å². The van der Waals surface area contributed by atoms with Gasteiger partial charge in [0.25, 0.3) is 5.88 Å². The number of ether oxygens (including phenoxy) is 2. The van der Waals surface area contributed by atoms with Gasteiger partial charge in [-0.2, -0.15) is 0 Å². The topological polar surface area (TPSA) is 57.4 Å². The predicted molar refractivity (Wildman–Crippen MR) is 56.6 cm³/mol. The molecule has 0 aliphatic carbocycles. The van der Waals surface area contributed by atoms with Crippen LogP contribution in [0.1, 0.15) is 18.4 Å². The fourth-order valence-electron chi connectivity index (χ4n) is 1.65. The van der Waals surface area contributed by atoms with Gasteiger partial charge < -0.3 is 15.2 Å². The summed E-state index contributed by atoms with van der Waals surface area (Å²) in [7, 11) is 0. The first kappa shape index (κ1) is 11.3. The predicted octanol–water partition coefficient (Wildman–Crippen LogP) is 1.24. The van der Waals surface area contributed by atoms with Crippen LogP contribution in [0.4, 0.5) is 4.39 Å². The SMILES string of the molecule is NCc1ccnc(OC2CCOCC2)c1F. The lowest BCUT2D eigenvalue weighted by Gasteiger charge is -2.23. The van der Waals surface area contributed by atoms with Crippen molar-refractivity contribution in [3.05, 3.63) is 23.6 Å². The molecule has 0 bridgehead atoms. The van der Waals surface area contributed by atoms with Gasteiger partial charge in [-0.05, 0) is 6.07 Å². The first-order valence-corrected chi connectivity index (χ1v) is 5.39. The zero-order valence-electron chi connectivity index (χ0n) is 8.99. The van der Waals surface area contributed by atoms with E-state index in [0.717, 1.165) is 12.8 Å². The zero-order chi connectivity index (χ0) is 11.4. The quantitative estimate of drug-likeness (QED) is 0.842. The molecule has 1 saturated heterocycles. The van der Waals surface area contributed by atoms with Gasteiger partial charge in [0.1, 0.15) is 6.10 Å². The standard InChI is InChI=1S/C11H15FN2O2/c12-10-8(7-13)1-4-14-11(10)16-9-2-5-15-6-3-9/h1,4,9H,2-3,5-7,13H2. The lowest BCUT2D eigenvalue weighted by atomic mass is 10.1. The Bertz CT molecular complexity index is 354. The molecule has 4 nitrogen and oxygen atoms in total. The minimum Gasteiger partial charge on any atom is -0.472 e. The summed E-state index contributed by atoms with van der Waals surface area (Å²) in [5.74, 6) is -0.397. The molecule has 5 heteroatoms. The lowest BCUT2D eigenvalue weighted by molar-refractivity contribution is 0.0219. The largest absolute Gasteiger partial charge is 0.472 e. The highest BCUT2D eigenvalue weighted by Gasteiger charge is 2.18. The lowest BCUT2D eigenvalue weighted by Crippen LogP contribution is -2.26. The summed E-state index contributed by atoms with van der Waals surface area (Å²) >= 11 is 0. The van der Waals surface area contributed by atoms with E-state index in [9.17, 15) is 4.39 Å². The Morgan fingerprint density at radius 2 is 2.25 bits per heavy atom. The molecule has 2 heterocycles. The molecule has 1 fully saturated rings. The van der Waals surface area contributed by atoms with Gasteiger partial charge in [-0.1, -0.05) is 0 Å². The molecule has 1 aromatic rings. The van der Waals surface area contributed by atoms with Gasteiger partial charge in [0.05, 0.1) is 13.2 Å². The van der Waals surface area contributed by atoms with Gasteiger partial charge in [-0.25, -0.2) is 9.37 Å². The molecule has 2 N–H and O–H groups in total. The van der Waals surface area contributed by atoms with E-state index in [1.165, 1.54) is 6.20 Å². The summed E-state index contributed by atoms with van der Waals surface area (Å²) in [6.45, 7) is 1.46. The van der Waals surface area contributed by atoms with Crippen molar-refractivity contribution in [2.75, 3.05) is 13.2 Å². The fraction of sp³-hybridized carbons (Fsp3) is 0.545. The van der Waals surface area contributed by atoms with Gasteiger partial charge >= 0.3 is 0 Å². The van der Waals surface area contributed by atoms with E-state index < -0.39 is 5.82 Å². The van der Waals surface area contributed by atoms with Crippen LogP contribution in [0.25, 0.3) is 0 Å². The minimum absolute atomic E-state index is 0.0104. The molecule has 2 rings (SSSR count). The molecule has 1 aromatic heterocycles. The number of nitrogens with two attached hydrogens (primary N) is 1. The number of rotatable bonds is 3. The second-order valence-corrected chi connectivity index (χ2v) is 3.72. The summed E-state index contributed by atoms with van der Waals surface area (Å²) < 4.78 is 24.4. The number of nitrogens with zero attached hydrogens (tertiary/aromatic N) is 1. The normalized spacial score (nSPS) is 17.4. The van der Waals surface area contributed by atoms with Crippen molar-refractivity contribution >= 4 is 0 Å². The number of hydrogen-bond donors (Lipinski definition) is 1. The second-order valence-electron chi connectivity index (χ2n) is 3.72. The Labute approximate surface area is 93.6 Å². The summed E-state index contributed by atoms with van der Waals surface area (Å²) in [5, 5.41) is 0. The molecule has 0 amide bonds.